The molecule has 0 aliphatic heterocycles. The number of benzene rings is 1. The number of aromatic nitrogens is 1. The van der Waals surface area contributed by atoms with Gasteiger partial charge in [-0.05, 0) is 36.8 Å². The summed E-state index contributed by atoms with van der Waals surface area (Å²) in [6.07, 6.45) is 0. The lowest BCUT2D eigenvalue weighted by molar-refractivity contribution is 0.278. The zero-order chi connectivity index (χ0) is 15.5. The Morgan fingerprint density at radius 1 is 1.29 bits per heavy atom. The van der Waals surface area contributed by atoms with Gasteiger partial charge in [-0.1, -0.05) is 12.1 Å². The first kappa shape index (κ1) is 15.6. The molecule has 0 saturated carbocycles. The highest BCUT2D eigenvalue weighted by molar-refractivity contribution is 7.89. The zero-order valence-electron chi connectivity index (χ0n) is 11.4. The fourth-order valence-electron chi connectivity index (χ4n) is 1.85. The van der Waals surface area contributed by atoms with Crippen LogP contribution < -0.4 is 4.72 Å². The number of aliphatic hydroxyl groups excluding tert-OH is 1. The summed E-state index contributed by atoms with van der Waals surface area (Å²) in [5.74, 6) is -0.679. The molecule has 0 amide bonds. The first-order valence-corrected chi connectivity index (χ1v) is 7.72. The number of nitrogens with one attached hydrogen (secondary N) is 1. The minimum Gasteiger partial charge on any atom is -0.392 e. The van der Waals surface area contributed by atoms with Gasteiger partial charge >= 0.3 is 0 Å². The molecule has 2 N–H and O–H groups in total. The van der Waals surface area contributed by atoms with E-state index in [4.69, 9.17) is 5.11 Å². The maximum atomic E-state index is 13.2. The summed E-state index contributed by atoms with van der Waals surface area (Å²) in [6.45, 7) is 1.30. The Labute approximate surface area is 122 Å². The first-order valence-electron chi connectivity index (χ1n) is 6.24. The van der Waals surface area contributed by atoms with Gasteiger partial charge < -0.3 is 5.11 Å². The van der Waals surface area contributed by atoms with Crippen LogP contribution in [0.15, 0.2) is 41.3 Å². The van der Waals surface area contributed by atoms with E-state index in [9.17, 15) is 12.8 Å². The van der Waals surface area contributed by atoms with Crippen LogP contribution in [0, 0.1) is 12.7 Å². The van der Waals surface area contributed by atoms with E-state index in [1.54, 1.807) is 25.1 Å². The third kappa shape index (κ3) is 3.84. The molecule has 112 valence electrons. The Morgan fingerprint density at radius 2 is 2.05 bits per heavy atom. The Balaban J connectivity index is 2.24. The van der Waals surface area contributed by atoms with Crippen molar-refractivity contribution in [2.75, 3.05) is 0 Å². The lowest BCUT2D eigenvalue weighted by atomic mass is 10.2. The Kier molecular flexibility index (Phi) is 4.66. The lowest BCUT2D eigenvalue weighted by Crippen LogP contribution is -2.25. The highest BCUT2D eigenvalue weighted by Crippen LogP contribution is 2.17. The summed E-state index contributed by atoms with van der Waals surface area (Å²) >= 11 is 0. The summed E-state index contributed by atoms with van der Waals surface area (Å²) in [4.78, 5) is 3.91. The zero-order valence-corrected chi connectivity index (χ0v) is 12.2. The number of nitrogens with zero attached hydrogens (tertiary/aromatic N) is 1. The average molecular weight is 310 g/mol. The molecule has 21 heavy (non-hydrogen) atoms. The van der Waals surface area contributed by atoms with Crippen molar-refractivity contribution < 1.29 is 17.9 Å². The van der Waals surface area contributed by atoms with Gasteiger partial charge in [0.1, 0.15) is 5.82 Å². The molecule has 0 spiro atoms. The number of hydrogen-bond acceptors (Lipinski definition) is 4. The SMILES string of the molecule is Cc1cccc(CNS(=O)(=O)c2cc(F)ccc2CO)n1. The predicted molar refractivity (Wildman–Crippen MR) is 75.3 cm³/mol. The summed E-state index contributed by atoms with van der Waals surface area (Å²) < 4.78 is 40.0. The molecule has 5 nitrogen and oxygen atoms in total. The second kappa shape index (κ2) is 6.30. The van der Waals surface area contributed by atoms with Crippen molar-refractivity contribution >= 4 is 10.0 Å². The van der Waals surface area contributed by atoms with Crippen LogP contribution in [0.4, 0.5) is 4.39 Å². The molecule has 0 fully saturated rings. The molecule has 0 aliphatic rings. The Morgan fingerprint density at radius 3 is 2.71 bits per heavy atom. The normalized spacial score (nSPS) is 11.6. The van der Waals surface area contributed by atoms with Crippen LogP contribution in [0.5, 0.6) is 0 Å². The van der Waals surface area contributed by atoms with Gasteiger partial charge in [0.05, 0.1) is 23.7 Å². The van der Waals surface area contributed by atoms with Gasteiger partial charge in [-0.15, -0.1) is 0 Å². The quantitative estimate of drug-likeness (QED) is 0.877. The van der Waals surface area contributed by atoms with Gasteiger partial charge in [0.15, 0.2) is 0 Å². The van der Waals surface area contributed by atoms with Crippen LogP contribution in [0.3, 0.4) is 0 Å². The molecular weight excluding hydrogens is 295 g/mol. The number of hydrogen-bond donors (Lipinski definition) is 2. The van der Waals surface area contributed by atoms with Crippen molar-refractivity contribution in [3.8, 4) is 0 Å². The Bertz CT molecular complexity index is 748. The molecule has 2 rings (SSSR count). The van der Waals surface area contributed by atoms with Crippen molar-refractivity contribution in [1.82, 2.24) is 9.71 Å². The molecule has 1 aromatic heterocycles. The molecule has 1 heterocycles. The third-order valence-corrected chi connectivity index (χ3v) is 4.36. The number of aliphatic hydroxyl groups is 1. The number of pyridine rings is 1. The lowest BCUT2D eigenvalue weighted by Gasteiger charge is -2.10. The smallest absolute Gasteiger partial charge is 0.241 e. The van der Waals surface area contributed by atoms with E-state index in [1.165, 1.54) is 6.07 Å². The number of sulfonamides is 1. The number of halogens is 1. The van der Waals surface area contributed by atoms with E-state index < -0.39 is 22.4 Å². The van der Waals surface area contributed by atoms with E-state index in [0.29, 0.717) is 5.69 Å². The van der Waals surface area contributed by atoms with Crippen molar-refractivity contribution in [3.63, 3.8) is 0 Å². The van der Waals surface area contributed by atoms with Crippen molar-refractivity contribution in [1.29, 1.82) is 0 Å². The predicted octanol–water partition coefficient (Wildman–Crippen LogP) is 1.50. The second-order valence-corrected chi connectivity index (χ2v) is 6.24. The monoisotopic (exact) mass is 310 g/mol. The van der Waals surface area contributed by atoms with Crippen LogP contribution >= 0.6 is 0 Å². The van der Waals surface area contributed by atoms with E-state index in [1.807, 2.05) is 0 Å². The maximum absolute atomic E-state index is 13.2. The standard InChI is InChI=1S/C14H15FN2O3S/c1-10-3-2-4-13(17-10)8-16-21(19,20)14-7-12(15)6-5-11(14)9-18/h2-7,16,18H,8-9H2,1H3. The largest absolute Gasteiger partial charge is 0.392 e. The van der Waals surface area contributed by atoms with E-state index in [2.05, 4.69) is 9.71 Å². The van der Waals surface area contributed by atoms with Crippen molar-refractivity contribution in [2.45, 2.75) is 25.0 Å². The minimum absolute atomic E-state index is 0.00854. The molecule has 2 aromatic rings. The molecule has 1 aromatic carbocycles. The first-order chi connectivity index (χ1) is 9.92. The van der Waals surface area contributed by atoms with Gasteiger partial charge in [-0.25, -0.2) is 17.5 Å². The van der Waals surface area contributed by atoms with E-state index in [-0.39, 0.29) is 17.0 Å². The molecule has 0 radical (unpaired) electrons. The van der Waals surface area contributed by atoms with E-state index >= 15 is 0 Å². The molecule has 0 unspecified atom stereocenters. The van der Waals surface area contributed by atoms with Crippen LogP contribution in [0.1, 0.15) is 17.0 Å². The molecule has 0 atom stereocenters. The fraction of sp³-hybridized carbons (Fsp3) is 0.214. The molecule has 0 aliphatic carbocycles. The summed E-state index contributed by atoms with van der Waals surface area (Å²) in [5.41, 5.74) is 1.47. The van der Waals surface area contributed by atoms with Gasteiger partial charge in [0.2, 0.25) is 10.0 Å². The Hall–Kier alpha value is -1.83. The number of rotatable bonds is 5. The topological polar surface area (TPSA) is 79.3 Å². The highest BCUT2D eigenvalue weighted by Gasteiger charge is 2.19. The van der Waals surface area contributed by atoms with Crippen LogP contribution in [0.25, 0.3) is 0 Å². The summed E-state index contributed by atoms with van der Waals surface area (Å²) in [5, 5.41) is 9.17. The molecule has 0 bridgehead atoms. The average Bonchev–Trinajstić information content (AvgIpc) is 2.45. The molecule has 7 heteroatoms. The van der Waals surface area contributed by atoms with Crippen molar-refractivity contribution in [2.24, 2.45) is 0 Å². The van der Waals surface area contributed by atoms with Crippen LogP contribution in [0.2, 0.25) is 0 Å². The van der Waals surface area contributed by atoms with Crippen LogP contribution in [-0.4, -0.2) is 18.5 Å². The number of aryl methyl sites for hydroxylation is 1. The maximum Gasteiger partial charge on any atom is 0.241 e. The van der Waals surface area contributed by atoms with Gasteiger partial charge in [-0.3, -0.25) is 4.98 Å². The fourth-order valence-corrected chi connectivity index (χ4v) is 3.09. The van der Waals surface area contributed by atoms with Crippen molar-refractivity contribution in [3.05, 3.63) is 59.2 Å². The van der Waals surface area contributed by atoms with Gasteiger partial charge in [0, 0.05) is 5.69 Å². The van der Waals surface area contributed by atoms with Crippen LogP contribution in [-0.2, 0) is 23.2 Å². The molecule has 0 saturated heterocycles. The minimum atomic E-state index is -3.93. The van der Waals surface area contributed by atoms with Gasteiger partial charge in [-0.2, -0.15) is 0 Å². The molecular formula is C14H15FN2O3S. The summed E-state index contributed by atoms with van der Waals surface area (Å²) in [7, 11) is -3.93. The highest BCUT2D eigenvalue weighted by atomic mass is 32.2. The second-order valence-electron chi connectivity index (χ2n) is 4.51. The van der Waals surface area contributed by atoms with Gasteiger partial charge in [0.25, 0.3) is 0 Å². The van der Waals surface area contributed by atoms with E-state index in [0.717, 1.165) is 17.8 Å². The third-order valence-electron chi connectivity index (χ3n) is 2.88. The summed E-state index contributed by atoms with van der Waals surface area (Å²) in [6, 6.07) is 8.49.